The lowest BCUT2D eigenvalue weighted by molar-refractivity contribution is 0.0390. The zero-order valence-electron chi connectivity index (χ0n) is 7.78. The number of rotatable bonds is 3. The molecular formula is C8H15N3O. The highest BCUT2D eigenvalue weighted by Gasteiger charge is 2.25. The molecule has 1 unspecified atom stereocenters. The molecule has 0 aliphatic carbocycles. The molecule has 12 heavy (non-hydrogen) atoms. The largest absolute Gasteiger partial charge is 0.382 e. The molecule has 0 saturated heterocycles. The quantitative estimate of drug-likeness (QED) is 0.731. The topological polar surface area (TPSA) is 50.9 Å². The molecule has 0 aromatic carbocycles. The minimum atomic E-state index is -0.855. The van der Waals surface area contributed by atoms with E-state index in [-0.39, 0.29) is 0 Å². The third-order valence-electron chi connectivity index (χ3n) is 2.09. The average Bonchev–Trinajstić information content (AvgIpc) is 2.52. The van der Waals surface area contributed by atoms with Gasteiger partial charge in [-0.3, -0.25) is 0 Å². The highest BCUT2D eigenvalue weighted by Crippen LogP contribution is 2.20. The van der Waals surface area contributed by atoms with E-state index in [1.54, 1.807) is 11.6 Å². The van der Waals surface area contributed by atoms with Gasteiger partial charge in [-0.05, 0) is 20.3 Å². The van der Waals surface area contributed by atoms with E-state index in [1.807, 2.05) is 13.8 Å². The lowest BCUT2D eigenvalue weighted by Gasteiger charge is -2.20. The van der Waals surface area contributed by atoms with E-state index in [2.05, 4.69) is 10.1 Å². The Hall–Kier alpha value is -0.900. The molecule has 0 spiro atoms. The molecule has 1 atom stereocenters. The molecule has 0 radical (unpaired) electrons. The molecule has 68 valence electrons. The minimum Gasteiger partial charge on any atom is -0.382 e. The Morgan fingerprint density at radius 2 is 2.25 bits per heavy atom. The highest BCUT2D eigenvalue weighted by molar-refractivity contribution is 4.97. The van der Waals surface area contributed by atoms with E-state index in [1.165, 1.54) is 6.33 Å². The molecule has 0 aliphatic rings. The van der Waals surface area contributed by atoms with E-state index in [0.29, 0.717) is 12.2 Å². The summed E-state index contributed by atoms with van der Waals surface area (Å²) in [5.41, 5.74) is -0.855. The smallest absolute Gasteiger partial charge is 0.158 e. The van der Waals surface area contributed by atoms with Gasteiger partial charge in [0.15, 0.2) is 5.82 Å². The van der Waals surface area contributed by atoms with Crippen molar-refractivity contribution in [2.75, 3.05) is 0 Å². The van der Waals surface area contributed by atoms with E-state index in [0.717, 1.165) is 6.54 Å². The number of aliphatic hydroxyl groups is 1. The maximum Gasteiger partial charge on any atom is 0.158 e. The molecule has 1 N–H and O–H groups in total. The second-order valence-electron chi connectivity index (χ2n) is 3.03. The van der Waals surface area contributed by atoms with Gasteiger partial charge in [0.05, 0.1) is 0 Å². The lowest BCUT2D eigenvalue weighted by Crippen LogP contribution is -2.25. The number of aryl methyl sites for hydroxylation is 1. The van der Waals surface area contributed by atoms with Crippen LogP contribution in [0.15, 0.2) is 6.33 Å². The summed E-state index contributed by atoms with van der Waals surface area (Å²) < 4.78 is 1.71. The molecule has 4 nitrogen and oxygen atoms in total. The van der Waals surface area contributed by atoms with Crippen LogP contribution in [0.1, 0.15) is 33.0 Å². The van der Waals surface area contributed by atoms with Gasteiger partial charge in [-0.25, -0.2) is 9.67 Å². The van der Waals surface area contributed by atoms with Gasteiger partial charge in [-0.15, -0.1) is 0 Å². The van der Waals surface area contributed by atoms with Gasteiger partial charge < -0.3 is 5.11 Å². The average molecular weight is 169 g/mol. The third-order valence-corrected chi connectivity index (χ3v) is 2.09. The van der Waals surface area contributed by atoms with Gasteiger partial charge in [0.1, 0.15) is 11.9 Å². The molecule has 1 aromatic rings. The van der Waals surface area contributed by atoms with Crippen molar-refractivity contribution in [3.63, 3.8) is 0 Å². The Balaban J connectivity index is 3.00. The summed E-state index contributed by atoms with van der Waals surface area (Å²) in [5.74, 6) is 0.646. The first-order valence-corrected chi connectivity index (χ1v) is 4.22. The van der Waals surface area contributed by atoms with Crippen LogP contribution in [0, 0.1) is 0 Å². The van der Waals surface area contributed by atoms with Crippen LogP contribution >= 0.6 is 0 Å². The predicted octanol–water partition coefficient (Wildman–Crippen LogP) is 0.915. The second-order valence-corrected chi connectivity index (χ2v) is 3.03. The molecule has 0 saturated carbocycles. The van der Waals surface area contributed by atoms with Crippen LogP contribution in [0.5, 0.6) is 0 Å². The van der Waals surface area contributed by atoms with Crippen molar-refractivity contribution >= 4 is 0 Å². The summed E-state index contributed by atoms with van der Waals surface area (Å²) >= 11 is 0. The number of nitrogens with zero attached hydrogens (tertiary/aromatic N) is 3. The molecule has 4 heteroatoms. The molecule has 1 aromatic heterocycles. The zero-order valence-corrected chi connectivity index (χ0v) is 7.78. The summed E-state index contributed by atoms with van der Waals surface area (Å²) in [4.78, 5) is 4.03. The van der Waals surface area contributed by atoms with Gasteiger partial charge in [-0.1, -0.05) is 6.92 Å². The summed E-state index contributed by atoms with van der Waals surface area (Å²) in [6, 6.07) is 0. The maximum atomic E-state index is 9.87. The Kier molecular flexibility index (Phi) is 2.47. The molecule has 0 aliphatic heterocycles. The summed E-state index contributed by atoms with van der Waals surface area (Å²) in [6.07, 6.45) is 2.12. The van der Waals surface area contributed by atoms with Crippen LogP contribution in [-0.2, 0) is 12.1 Å². The number of hydrogen-bond donors (Lipinski definition) is 1. The summed E-state index contributed by atoms with van der Waals surface area (Å²) in [6.45, 7) is 6.40. The van der Waals surface area contributed by atoms with Crippen LogP contribution in [0.25, 0.3) is 0 Å². The molecule has 1 heterocycles. The Bertz CT molecular complexity index is 255. The maximum absolute atomic E-state index is 9.87. The highest BCUT2D eigenvalue weighted by atomic mass is 16.3. The van der Waals surface area contributed by atoms with Crippen molar-refractivity contribution in [1.82, 2.24) is 14.8 Å². The van der Waals surface area contributed by atoms with E-state index >= 15 is 0 Å². The molecule has 0 amide bonds. The standard InChI is InChI=1S/C8H15N3O/c1-4-8(3,12)7-9-6-10-11(7)5-2/h6,12H,4-5H2,1-3H3. The van der Waals surface area contributed by atoms with Crippen molar-refractivity contribution in [3.05, 3.63) is 12.2 Å². The van der Waals surface area contributed by atoms with Gasteiger partial charge in [0.2, 0.25) is 0 Å². The molecule has 1 rings (SSSR count). The Morgan fingerprint density at radius 1 is 1.58 bits per heavy atom. The van der Waals surface area contributed by atoms with E-state index in [9.17, 15) is 5.11 Å². The van der Waals surface area contributed by atoms with Crippen molar-refractivity contribution in [1.29, 1.82) is 0 Å². The predicted molar refractivity (Wildman–Crippen MR) is 45.6 cm³/mol. The first kappa shape index (κ1) is 9.19. The third kappa shape index (κ3) is 1.48. The van der Waals surface area contributed by atoms with Gasteiger partial charge in [0, 0.05) is 6.54 Å². The van der Waals surface area contributed by atoms with Crippen molar-refractivity contribution in [2.24, 2.45) is 0 Å². The first-order chi connectivity index (χ1) is 5.61. The van der Waals surface area contributed by atoms with Crippen LogP contribution in [0.3, 0.4) is 0 Å². The molecular weight excluding hydrogens is 154 g/mol. The first-order valence-electron chi connectivity index (χ1n) is 4.22. The fourth-order valence-corrected chi connectivity index (χ4v) is 1.07. The monoisotopic (exact) mass is 169 g/mol. The van der Waals surface area contributed by atoms with Crippen molar-refractivity contribution in [2.45, 2.75) is 39.3 Å². The minimum absolute atomic E-state index is 0.645. The Morgan fingerprint density at radius 3 is 2.75 bits per heavy atom. The Labute approximate surface area is 72.2 Å². The molecule has 0 fully saturated rings. The van der Waals surface area contributed by atoms with Crippen LogP contribution in [-0.4, -0.2) is 19.9 Å². The summed E-state index contributed by atoms with van der Waals surface area (Å²) in [7, 11) is 0. The second kappa shape index (κ2) is 3.23. The van der Waals surface area contributed by atoms with Gasteiger partial charge in [0.25, 0.3) is 0 Å². The van der Waals surface area contributed by atoms with Crippen molar-refractivity contribution < 1.29 is 5.11 Å². The zero-order chi connectivity index (χ0) is 9.19. The fraction of sp³-hybridized carbons (Fsp3) is 0.750. The molecule has 0 bridgehead atoms. The van der Waals surface area contributed by atoms with Crippen LogP contribution in [0.2, 0.25) is 0 Å². The lowest BCUT2D eigenvalue weighted by atomic mass is 10.0. The summed E-state index contributed by atoms with van der Waals surface area (Å²) in [5, 5.41) is 13.9. The normalized spacial score (nSPS) is 16.0. The number of aromatic nitrogens is 3. The SMILES string of the molecule is CCn1ncnc1C(C)(O)CC. The van der Waals surface area contributed by atoms with Gasteiger partial charge >= 0.3 is 0 Å². The van der Waals surface area contributed by atoms with E-state index < -0.39 is 5.60 Å². The fourth-order valence-electron chi connectivity index (χ4n) is 1.07. The van der Waals surface area contributed by atoms with Crippen LogP contribution in [0.4, 0.5) is 0 Å². The van der Waals surface area contributed by atoms with Crippen molar-refractivity contribution in [3.8, 4) is 0 Å². The number of hydrogen-bond acceptors (Lipinski definition) is 3. The van der Waals surface area contributed by atoms with Crippen LogP contribution < -0.4 is 0 Å². The van der Waals surface area contributed by atoms with E-state index in [4.69, 9.17) is 0 Å². The van der Waals surface area contributed by atoms with Gasteiger partial charge in [-0.2, -0.15) is 5.10 Å².